The van der Waals surface area contributed by atoms with E-state index in [1.807, 2.05) is 24.0 Å². The number of carbonyl (C=O) groups is 1. The number of rotatable bonds is 5. The molecule has 1 aliphatic heterocycles. The van der Waals surface area contributed by atoms with Crippen molar-refractivity contribution in [3.63, 3.8) is 0 Å². The number of carbonyl (C=O) groups excluding carboxylic acids is 1. The second kappa shape index (κ2) is 7.24. The van der Waals surface area contributed by atoms with E-state index in [1.165, 1.54) is 5.56 Å². The Labute approximate surface area is 159 Å². The molecule has 1 amide bonds. The zero-order valence-electron chi connectivity index (χ0n) is 15.7. The summed E-state index contributed by atoms with van der Waals surface area (Å²) < 4.78 is 11.6. The maximum Gasteiger partial charge on any atom is 0.254 e. The Morgan fingerprint density at radius 1 is 1.11 bits per heavy atom. The molecule has 2 fully saturated rings. The molecule has 0 aromatic heterocycles. The van der Waals surface area contributed by atoms with Crippen molar-refractivity contribution in [1.29, 1.82) is 0 Å². The molecule has 5 nitrogen and oxygen atoms in total. The molecule has 1 saturated carbocycles. The van der Waals surface area contributed by atoms with Gasteiger partial charge in [0.1, 0.15) is 23.7 Å². The molecule has 2 aliphatic rings. The van der Waals surface area contributed by atoms with E-state index in [0.717, 1.165) is 24.0 Å². The van der Waals surface area contributed by atoms with E-state index in [1.54, 1.807) is 31.4 Å². The maximum absolute atomic E-state index is 13.3. The SMILES string of the molecule is CO[C@@H]1CN(C(=O)c2c(C)cccc2C2CC2)C[C@H]1Oc1cccc(O)c1. The highest BCUT2D eigenvalue weighted by Crippen LogP contribution is 2.42. The second-order valence-corrected chi connectivity index (χ2v) is 7.45. The van der Waals surface area contributed by atoms with E-state index in [4.69, 9.17) is 9.47 Å². The number of ether oxygens (including phenoxy) is 2. The minimum Gasteiger partial charge on any atom is -0.508 e. The molecule has 2 atom stereocenters. The number of hydrogen-bond acceptors (Lipinski definition) is 4. The first-order valence-electron chi connectivity index (χ1n) is 9.44. The predicted octanol–water partition coefficient (Wildman–Crippen LogP) is 3.50. The van der Waals surface area contributed by atoms with Gasteiger partial charge in [-0.2, -0.15) is 0 Å². The quantitative estimate of drug-likeness (QED) is 0.879. The highest BCUT2D eigenvalue weighted by atomic mass is 16.5. The summed E-state index contributed by atoms with van der Waals surface area (Å²) in [6.45, 7) is 2.96. The fraction of sp³-hybridized carbons (Fsp3) is 0.409. The molecule has 2 aromatic carbocycles. The summed E-state index contributed by atoms with van der Waals surface area (Å²) in [4.78, 5) is 15.1. The minimum atomic E-state index is -0.269. The van der Waals surface area contributed by atoms with Crippen molar-refractivity contribution in [2.75, 3.05) is 20.2 Å². The van der Waals surface area contributed by atoms with Crippen LogP contribution in [0.4, 0.5) is 0 Å². The van der Waals surface area contributed by atoms with Crippen LogP contribution in [0.3, 0.4) is 0 Å². The first kappa shape index (κ1) is 17.9. The van der Waals surface area contributed by atoms with Crippen LogP contribution in [0.25, 0.3) is 0 Å². The second-order valence-electron chi connectivity index (χ2n) is 7.45. The number of hydrogen-bond donors (Lipinski definition) is 1. The number of amides is 1. The number of methoxy groups -OCH3 is 1. The zero-order valence-corrected chi connectivity index (χ0v) is 15.7. The minimum absolute atomic E-state index is 0.0547. The highest BCUT2D eigenvalue weighted by Gasteiger charge is 2.39. The molecule has 2 aromatic rings. The molecule has 0 radical (unpaired) electrons. The average Bonchev–Trinajstić information content (AvgIpc) is 3.42. The van der Waals surface area contributed by atoms with Gasteiger partial charge in [0.2, 0.25) is 0 Å². The first-order chi connectivity index (χ1) is 13.1. The lowest BCUT2D eigenvalue weighted by molar-refractivity contribution is 0.0339. The summed E-state index contributed by atoms with van der Waals surface area (Å²) >= 11 is 0. The molecule has 1 heterocycles. The average molecular weight is 367 g/mol. The number of aromatic hydroxyl groups is 1. The molecular formula is C22H25NO4. The van der Waals surface area contributed by atoms with E-state index < -0.39 is 0 Å². The monoisotopic (exact) mass is 367 g/mol. The molecule has 0 unspecified atom stereocenters. The molecule has 1 aliphatic carbocycles. The van der Waals surface area contributed by atoms with Crippen LogP contribution in [-0.4, -0.2) is 48.3 Å². The van der Waals surface area contributed by atoms with Crippen LogP contribution in [0.1, 0.15) is 40.2 Å². The fourth-order valence-electron chi connectivity index (χ4n) is 3.86. The molecule has 5 heteroatoms. The predicted molar refractivity (Wildman–Crippen MR) is 102 cm³/mol. The number of phenols is 1. The van der Waals surface area contributed by atoms with E-state index in [-0.39, 0.29) is 23.9 Å². The van der Waals surface area contributed by atoms with Gasteiger partial charge in [-0.3, -0.25) is 4.79 Å². The van der Waals surface area contributed by atoms with E-state index >= 15 is 0 Å². The molecule has 1 saturated heterocycles. The third-order valence-corrected chi connectivity index (χ3v) is 5.45. The van der Waals surface area contributed by atoms with Crippen LogP contribution in [-0.2, 0) is 4.74 Å². The van der Waals surface area contributed by atoms with Crippen molar-refractivity contribution in [3.05, 3.63) is 59.2 Å². The van der Waals surface area contributed by atoms with Crippen molar-refractivity contribution in [2.24, 2.45) is 0 Å². The van der Waals surface area contributed by atoms with Gasteiger partial charge in [0, 0.05) is 18.7 Å². The first-order valence-corrected chi connectivity index (χ1v) is 9.44. The number of phenolic OH excluding ortho intramolecular Hbond substituents is 1. The normalized spacial score (nSPS) is 22.1. The van der Waals surface area contributed by atoms with Crippen LogP contribution in [0.5, 0.6) is 11.5 Å². The largest absolute Gasteiger partial charge is 0.508 e. The standard InChI is InChI=1S/C22H25NO4/c1-14-5-3-8-18(15-9-10-15)21(14)22(25)23-12-19(26-2)20(13-23)27-17-7-4-6-16(24)11-17/h3-8,11,15,19-20,24H,9-10,12-13H2,1-2H3/t19-,20-/m1/s1. The smallest absolute Gasteiger partial charge is 0.254 e. The Hall–Kier alpha value is -2.53. The molecule has 27 heavy (non-hydrogen) atoms. The summed E-state index contributed by atoms with van der Waals surface area (Å²) in [6.07, 6.45) is 1.85. The number of likely N-dealkylation sites (tertiary alicyclic amines) is 1. The molecular weight excluding hydrogens is 342 g/mol. The molecule has 0 bridgehead atoms. The Bertz CT molecular complexity index is 846. The van der Waals surface area contributed by atoms with Gasteiger partial charge < -0.3 is 19.5 Å². The Balaban J connectivity index is 1.54. The summed E-state index contributed by atoms with van der Waals surface area (Å²) in [6, 6.07) is 12.8. The fourth-order valence-corrected chi connectivity index (χ4v) is 3.86. The van der Waals surface area contributed by atoms with Crippen LogP contribution >= 0.6 is 0 Å². The zero-order chi connectivity index (χ0) is 19.0. The van der Waals surface area contributed by atoms with Crippen molar-refractivity contribution >= 4 is 5.91 Å². The third-order valence-electron chi connectivity index (χ3n) is 5.45. The van der Waals surface area contributed by atoms with Crippen LogP contribution in [0.15, 0.2) is 42.5 Å². The Morgan fingerprint density at radius 2 is 1.85 bits per heavy atom. The topological polar surface area (TPSA) is 59.0 Å². The van der Waals surface area contributed by atoms with E-state index in [9.17, 15) is 9.90 Å². The lowest BCUT2D eigenvalue weighted by Gasteiger charge is -2.20. The van der Waals surface area contributed by atoms with Gasteiger partial charge in [0.15, 0.2) is 0 Å². The van der Waals surface area contributed by atoms with Crippen LogP contribution in [0.2, 0.25) is 0 Å². The summed E-state index contributed by atoms with van der Waals surface area (Å²) in [5, 5.41) is 9.64. The van der Waals surface area contributed by atoms with Gasteiger partial charge in [0.05, 0.1) is 13.1 Å². The van der Waals surface area contributed by atoms with Gasteiger partial charge in [-0.15, -0.1) is 0 Å². The van der Waals surface area contributed by atoms with Gasteiger partial charge in [-0.1, -0.05) is 24.3 Å². The van der Waals surface area contributed by atoms with E-state index in [2.05, 4.69) is 6.07 Å². The maximum atomic E-state index is 13.3. The lowest BCUT2D eigenvalue weighted by Crippen LogP contribution is -2.32. The van der Waals surface area contributed by atoms with Crippen LogP contribution < -0.4 is 4.74 Å². The van der Waals surface area contributed by atoms with Crippen molar-refractivity contribution < 1.29 is 19.4 Å². The summed E-state index contributed by atoms with van der Waals surface area (Å²) in [5.41, 5.74) is 3.04. The number of nitrogens with zero attached hydrogens (tertiary/aromatic N) is 1. The Kier molecular flexibility index (Phi) is 4.79. The van der Waals surface area contributed by atoms with Gasteiger partial charge in [0.25, 0.3) is 5.91 Å². The van der Waals surface area contributed by atoms with Gasteiger partial charge >= 0.3 is 0 Å². The summed E-state index contributed by atoms with van der Waals surface area (Å²) in [7, 11) is 1.64. The molecule has 0 spiro atoms. The van der Waals surface area contributed by atoms with Crippen molar-refractivity contribution in [1.82, 2.24) is 4.90 Å². The van der Waals surface area contributed by atoms with Crippen molar-refractivity contribution in [3.8, 4) is 11.5 Å². The van der Waals surface area contributed by atoms with Gasteiger partial charge in [-0.05, 0) is 48.9 Å². The molecule has 142 valence electrons. The molecule has 1 N–H and O–H groups in total. The highest BCUT2D eigenvalue weighted by molar-refractivity contribution is 5.97. The van der Waals surface area contributed by atoms with Gasteiger partial charge in [-0.25, -0.2) is 0 Å². The Morgan fingerprint density at radius 3 is 2.56 bits per heavy atom. The van der Waals surface area contributed by atoms with Crippen LogP contribution in [0, 0.1) is 6.92 Å². The van der Waals surface area contributed by atoms with Crippen molar-refractivity contribution in [2.45, 2.75) is 37.9 Å². The molecule has 4 rings (SSSR count). The lowest BCUT2D eigenvalue weighted by atomic mass is 9.97. The summed E-state index contributed by atoms with van der Waals surface area (Å²) in [5.74, 6) is 1.30. The third kappa shape index (κ3) is 3.65. The number of aryl methyl sites for hydroxylation is 1. The number of benzene rings is 2. The van der Waals surface area contributed by atoms with E-state index in [0.29, 0.717) is 24.8 Å².